The number of rotatable bonds is 6. The van der Waals surface area contributed by atoms with Crippen LogP contribution in [0.15, 0.2) is 48.0 Å². The second-order valence-electron chi connectivity index (χ2n) is 7.34. The van der Waals surface area contributed by atoms with Crippen molar-refractivity contribution in [3.05, 3.63) is 62.8 Å². The number of ketones is 1. The molecule has 162 valence electrons. The largest absolute Gasteiger partial charge is 0.442 e. The Morgan fingerprint density at radius 3 is 2.74 bits per heavy atom. The second kappa shape index (κ2) is 9.64. The van der Waals surface area contributed by atoms with E-state index in [4.69, 9.17) is 21.1 Å². The van der Waals surface area contributed by atoms with E-state index in [1.54, 1.807) is 23.1 Å². The predicted octanol–water partition coefficient (Wildman–Crippen LogP) is 3.62. The minimum absolute atomic E-state index is 0.00996. The van der Waals surface area contributed by atoms with Crippen molar-refractivity contribution in [2.75, 3.05) is 31.2 Å². The molecule has 1 aromatic heterocycles. The van der Waals surface area contributed by atoms with Crippen LogP contribution in [-0.2, 0) is 20.7 Å². The molecule has 4 rings (SSSR count). The first-order valence-corrected chi connectivity index (χ1v) is 11.1. The highest BCUT2D eigenvalue weighted by Crippen LogP contribution is 2.24. The summed E-state index contributed by atoms with van der Waals surface area (Å²) in [5, 5.41) is 2.78. The number of ether oxygens (including phenoxy) is 2. The van der Waals surface area contributed by atoms with Gasteiger partial charge in [-0.15, -0.1) is 11.3 Å². The van der Waals surface area contributed by atoms with Gasteiger partial charge in [-0.05, 0) is 48.7 Å². The minimum atomic E-state index is -0.444. The highest BCUT2D eigenvalue weighted by Gasteiger charge is 2.32. The molecule has 1 atom stereocenters. The van der Waals surface area contributed by atoms with Crippen molar-refractivity contribution in [1.82, 2.24) is 5.32 Å². The van der Waals surface area contributed by atoms with Crippen molar-refractivity contribution in [3.63, 3.8) is 0 Å². The maximum absolute atomic E-state index is 12.3. The monoisotopic (exact) mass is 460 g/mol. The number of nitrogens with one attached hydrogen (secondary N) is 1. The molecule has 0 aliphatic carbocycles. The van der Waals surface area contributed by atoms with Gasteiger partial charge in [0, 0.05) is 5.69 Å². The summed E-state index contributed by atoms with van der Waals surface area (Å²) in [6.07, 6.45) is 2.19. The molecule has 2 amide bonds. The predicted molar refractivity (Wildman–Crippen MR) is 118 cm³/mol. The van der Waals surface area contributed by atoms with E-state index < -0.39 is 12.2 Å². The highest BCUT2D eigenvalue weighted by atomic mass is 35.5. The zero-order valence-electron chi connectivity index (χ0n) is 16.6. The number of benzene rings is 1. The summed E-state index contributed by atoms with van der Waals surface area (Å²) in [5.74, 6) is -0.253. The Morgan fingerprint density at radius 1 is 1.19 bits per heavy atom. The molecule has 0 saturated carbocycles. The maximum Gasteiger partial charge on any atom is 0.414 e. The first-order chi connectivity index (χ1) is 15.0. The fourth-order valence-corrected chi connectivity index (χ4v) is 4.44. The Balaban J connectivity index is 1.32. The zero-order valence-corrected chi connectivity index (χ0v) is 18.2. The summed E-state index contributed by atoms with van der Waals surface area (Å²) in [7, 11) is 0. The molecule has 7 nitrogen and oxygen atoms in total. The van der Waals surface area contributed by atoms with E-state index in [1.165, 1.54) is 11.3 Å². The number of anilines is 1. The Labute approximate surface area is 188 Å². The Kier molecular flexibility index (Phi) is 6.70. The third-order valence-electron chi connectivity index (χ3n) is 5.02. The first kappa shape index (κ1) is 21.5. The van der Waals surface area contributed by atoms with E-state index in [9.17, 15) is 14.4 Å². The van der Waals surface area contributed by atoms with Gasteiger partial charge in [-0.3, -0.25) is 14.5 Å². The van der Waals surface area contributed by atoms with Crippen molar-refractivity contribution >= 4 is 46.4 Å². The lowest BCUT2D eigenvalue weighted by molar-refractivity contribution is -0.118. The summed E-state index contributed by atoms with van der Waals surface area (Å²) < 4.78 is 11.2. The van der Waals surface area contributed by atoms with Crippen LogP contribution in [0.1, 0.15) is 21.7 Å². The van der Waals surface area contributed by atoms with Crippen molar-refractivity contribution in [2.24, 2.45) is 0 Å². The van der Waals surface area contributed by atoms with E-state index in [-0.39, 0.29) is 24.8 Å². The Bertz CT molecular complexity index is 1020. The Morgan fingerprint density at radius 2 is 2.00 bits per heavy atom. The van der Waals surface area contributed by atoms with Crippen LogP contribution in [0.3, 0.4) is 0 Å². The lowest BCUT2D eigenvalue weighted by Crippen LogP contribution is -2.34. The van der Waals surface area contributed by atoms with Crippen molar-refractivity contribution in [3.8, 4) is 0 Å². The van der Waals surface area contributed by atoms with Crippen LogP contribution in [0.4, 0.5) is 10.5 Å². The third-order valence-corrected chi connectivity index (χ3v) is 6.25. The van der Waals surface area contributed by atoms with Crippen LogP contribution in [0.2, 0.25) is 4.34 Å². The molecule has 1 unspecified atom stereocenters. The summed E-state index contributed by atoms with van der Waals surface area (Å²) in [5.41, 5.74) is 2.82. The van der Waals surface area contributed by atoms with Crippen LogP contribution in [0, 0.1) is 0 Å². The molecule has 1 aromatic carbocycles. The number of hydrogen-bond donors (Lipinski definition) is 1. The van der Waals surface area contributed by atoms with Crippen molar-refractivity contribution < 1.29 is 23.9 Å². The highest BCUT2D eigenvalue weighted by molar-refractivity contribution is 7.18. The number of nitrogens with zero attached hydrogens (tertiary/aromatic N) is 1. The van der Waals surface area contributed by atoms with Crippen LogP contribution in [-0.4, -0.2) is 50.2 Å². The van der Waals surface area contributed by atoms with Crippen molar-refractivity contribution in [1.29, 1.82) is 0 Å². The summed E-state index contributed by atoms with van der Waals surface area (Å²) in [4.78, 5) is 38.2. The topological polar surface area (TPSA) is 84.9 Å². The molecule has 0 spiro atoms. The molecule has 2 aliphatic heterocycles. The molecule has 0 bridgehead atoms. The van der Waals surface area contributed by atoms with Crippen LogP contribution in [0.25, 0.3) is 0 Å². The maximum atomic E-state index is 12.3. The molecule has 1 saturated heterocycles. The van der Waals surface area contributed by atoms with Crippen LogP contribution >= 0.6 is 22.9 Å². The van der Waals surface area contributed by atoms with Gasteiger partial charge in [0.15, 0.2) is 5.78 Å². The van der Waals surface area contributed by atoms with Gasteiger partial charge in [0.05, 0.1) is 28.9 Å². The number of carbonyl (C=O) groups excluding carboxylic acids is 3. The fourth-order valence-electron chi connectivity index (χ4n) is 3.48. The SMILES string of the molecule is O=C1C=C(Cc2ccc(N3CC(CNC(=O)c4ccc(Cl)s4)OC3=O)cc2)CCOC1. The lowest BCUT2D eigenvalue weighted by atomic mass is 10.0. The molecule has 2 aliphatic rings. The van der Waals surface area contributed by atoms with Gasteiger partial charge < -0.3 is 14.8 Å². The van der Waals surface area contributed by atoms with Crippen molar-refractivity contribution in [2.45, 2.75) is 18.9 Å². The number of halogens is 1. The van der Waals surface area contributed by atoms with Crippen LogP contribution < -0.4 is 10.2 Å². The molecular formula is C22H21ClN2O5S. The van der Waals surface area contributed by atoms with E-state index in [0.29, 0.717) is 28.8 Å². The van der Waals surface area contributed by atoms with Gasteiger partial charge in [0.1, 0.15) is 12.7 Å². The summed E-state index contributed by atoms with van der Waals surface area (Å²) in [6, 6.07) is 10.9. The third kappa shape index (κ3) is 5.52. The molecule has 31 heavy (non-hydrogen) atoms. The number of cyclic esters (lactones) is 1. The molecular weight excluding hydrogens is 440 g/mol. The van der Waals surface area contributed by atoms with E-state index >= 15 is 0 Å². The van der Waals surface area contributed by atoms with Gasteiger partial charge in [-0.25, -0.2) is 4.79 Å². The number of amides is 2. The van der Waals surface area contributed by atoms with Gasteiger partial charge >= 0.3 is 6.09 Å². The lowest BCUT2D eigenvalue weighted by Gasteiger charge is -2.14. The quantitative estimate of drug-likeness (QED) is 0.711. The van der Waals surface area contributed by atoms with Gasteiger partial charge in [0.25, 0.3) is 5.91 Å². The average Bonchev–Trinajstić information content (AvgIpc) is 3.29. The molecule has 1 N–H and O–H groups in total. The van der Waals surface area contributed by atoms with Gasteiger partial charge in [-0.2, -0.15) is 0 Å². The van der Waals surface area contributed by atoms with E-state index in [0.717, 1.165) is 23.2 Å². The molecule has 1 fully saturated rings. The number of carbonyl (C=O) groups is 3. The Hall–Kier alpha value is -2.68. The summed E-state index contributed by atoms with van der Waals surface area (Å²) >= 11 is 7.05. The first-order valence-electron chi connectivity index (χ1n) is 9.88. The van der Waals surface area contributed by atoms with E-state index in [2.05, 4.69) is 5.32 Å². The molecule has 2 aromatic rings. The smallest absolute Gasteiger partial charge is 0.414 e. The molecule has 9 heteroatoms. The fraction of sp³-hybridized carbons (Fsp3) is 0.318. The second-order valence-corrected chi connectivity index (χ2v) is 9.06. The number of thiophene rings is 1. The van der Waals surface area contributed by atoms with Gasteiger partial charge in [0.2, 0.25) is 0 Å². The average molecular weight is 461 g/mol. The normalized spacial score (nSPS) is 19.1. The number of hydrogen-bond acceptors (Lipinski definition) is 6. The van der Waals surface area contributed by atoms with Gasteiger partial charge in [-0.1, -0.05) is 29.3 Å². The van der Waals surface area contributed by atoms with Crippen LogP contribution in [0.5, 0.6) is 0 Å². The van der Waals surface area contributed by atoms with E-state index in [1.807, 2.05) is 24.3 Å². The standard InChI is InChI=1S/C22H21ClN2O5S/c23-20-6-5-19(31-20)21(27)24-11-18-12-25(22(28)30-18)16-3-1-14(2-4-16)9-15-7-8-29-13-17(26)10-15/h1-6,10,18H,7-9,11-13H2,(H,24,27). The molecule has 0 radical (unpaired) electrons. The summed E-state index contributed by atoms with van der Waals surface area (Å²) in [6.45, 7) is 1.26. The molecule has 3 heterocycles. The minimum Gasteiger partial charge on any atom is -0.442 e. The zero-order chi connectivity index (χ0) is 21.8.